The molecule has 0 spiro atoms. The van der Waals surface area contributed by atoms with E-state index >= 15 is 0 Å². The van der Waals surface area contributed by atoms with E-state index in [1.807, 2.05) is 0 Å². The summed E-state index contributed by atoms with van der Waals surface area (Å²) in [5.74, 6) is -1.07. The Morgan fingerprint density at radius 2 is 1.55 bits per heavy atom. The van der Waals surface area contributed by atoms with Gasteiger partial charge < -0.3 is 33.0 Å². The maximum atomic E-state index is 10.5. The van der Waals surface area contributed by atoms with Crippen LogP contribution in [0.4, 0.5) is 0 Å². The van der Waals surface area contributed by atoms with Crippen molar-refractivity contribution >= 4 is 57.0 Å². The first kappa shape index (κ1) is 29.7. The van der Waals surface area contributed by atoms with Gasteiger partial charge in [-0.25, -0.2) is 7.05 Å². The minimum absolute atomic E-state index is 0. The molecule has 1 rings (SSSR count). The molecule has 1 aliphatic heterocycles. The molecule has 0 N–H and O–H groups in total. The minimum Gasteiger partial charge on any atom is -1.00 e. The maximum Gasteiger partial charge on any atom is 0.290 e. The molecule has 0 aromatic carbocycles. The van der Waals surface area contributed by atoms with Crippen molar-refractivity contribution in [1.82, 2.24) is 4.90 Å². The molecular formula is C10H12BrNO4S2Y2-4. The molecule has 2 amide bonds. The molecule has 0 fully saturated rings. The van der Waals surface area contributed by atoms with Crippen molar-refractivity contribution < 1.29 is 84.5 Å². The van der Waals surface area contributed by atoms with E-state index in [0.29, 0.717) is 0 Å². The Labute approximate surface area is 188 Å². The normalized spacial score (nSPS) is 12.1. The second kappa shape index (κ2) is 15.6. The van der Waals surface area contributed by atoms with Gasteiger partial charge in [-0.15, -0.1) is 0 Å². The summed E-state index contributed by atoms with van der Waals surface area (Å²) in [7, 11) is 6.14. The topological polar surface area (TPSA) is 63.7 Å². The van der Waals surface area contributed by atoms with Crippen molar-refractivity contribution in [3.63, 3.8) is 0 Å². The third kappa shape index (κ3) is 13.4. The van der Waals surface area contributed by atoms with Crippen molar-refractivity contribution in [3.8, 4) is 0 Å². The average Bonchev–Trinajstić information content (AvgIpc) is 2.61. The van der Waals surface area contributed by atoms with Crippen molar-refractivity contribution in [2.24, 2.45) is 0 Å². The standard InChI is InChI=1S/C5H8BrO2.C5H4NO2.S2.2Y/c1-5(2,6)4(7)8-3;1-6-4(7)2-3-5(6)8;1-2;;/h3H2,1-2H3;2-3H,1H2;;;/q2*-1;-2;;. The molecule has 0 atom stereocenters. The number of nitrogens with zero attached hydrogens (tertiary/aromatic N) is 1. The fourth-order valence-electron chi connectivity index (χ4n) is 0.603. The molecular weight excluding hydrogens is 520 g/mol. The SMILES string of the molecule is [CH2-]N1C(=O)C=CC1=O.[CH2-]OC(=O)C(C)(C)Br.[S-][S-].[Y].[Y]. The Balaban J connectivity index is -0.000000104. The summed E-state index contributed by atoms with van der Waals surface area (Å²) >= 11 is 10.4. The van der Waals surface area contributed by atoms with E-state index < -0.39 is 4.32 Å². The molecule has 20 heavy (non-hydrogen) atoms. The largest absolute Gasteiger partial charge is 1.00 e. The van der Waals surface area contributed by atoms with Crippen LogP contribution in [0.15, 0.2) is 12.2 Å². The zero-order valence-electron chi connectivity index (χ0n) is 11.0. The Morgan fingerprint density at radius 1 is 1.25 bits per heavy atom. The summed E-state index contributed by atoms with van der Waals surface area (Å²) in [5.41, 5.74) is 0. The third-order valence-electron chi connectivity index (χ3n) is 1.52. The summed E-state index contributed by atoms with van der Waals surface area (Å²) in [6.45, 7) is 3.39. The fraction of sp³-hybridized carbons (Fsp3) is 0.300. The Kier molecular flexibility index (Phi) is 23.2. The zero-order valence-corrected chi connectivity index (χ0v) is 19.9. The minimum atomic E-state index is -0.602. The molecule has 0 unspecified atom stereocenters. The number of esters is 1. The van der Waals surface area contributed by atoms with Gasteiger partial charge in [-0.2, -0.15) is 7.11 Å². The number of rotatable bonds is 1. The Hall–Kier alpha value is 1.74. The molecule has 0 aliphatic carbocycles. The predicted molar refractivity (Wildman–Crippen MR) is 75.5 cm³/mol. The van der Waals surface area contributed by atoms with Gasteiger partial charge in [0, 0.05) is 77.6 Å². The molecule has 0 aromatic rings. The predicted octanol–water partition coefficient (Wildman–Crippen LogP) is 1.19. The van der Waals surface area contributed by atoms with Crippen molar-refractivity contribution in [2.45, 2.75) is 18.2 Å². The molecule has 0 saturated carbocycles. The Bertz CT molecular complexity index is 331. The van der Waals surface area contributed by atoms with Crippen LogP contribution in [0.3, 0.4) is 0 Å². The quantitative estimate of drug-likeness (QED) is 0.126. The van der Waals surface area contributed by atoms with E-state index in [2.05, 4.69) is 58.1 Å². The molecule has 0 saturated heterocycles. The molecule has 1 heterocycles. The van der Waals surface area contributed by atoms with Crippen molar-refractivity contribution in [3.05, 3.63) is 26.3 Å². The molecule has 0 aromatic heterocycles. The van der Waals surface area contributed by atoms with Crippen LogP contribution in [-0.4, -0.2) is 27.0 Å². The monoisotopic (exact) mass is 531 g/mol. The second-order valence-electron chi connectivity index (χ2n) is 3.34. The van der Waals surface area contributed by atoms with Crippen LogP contribution in [0.25, 0.3) is 0 Å². The van der Waals surface area contributed by atoms with Gasteiger partial charge in [0.05, 0.1) is 0 Å². The van der Waals surface area contributed by atoms with Crippen LogP contribution in [0, 0.1) is 14.2 Å². The van der Waals surface area contributed by atoms with Crippen molar-refractivity contribution in [1.29, 1.82) is 0 Å². The van der Waals surface area contributed by atoms with Gasteiger partial charge in [-0.3, -0.25) is 14.4 Å². The summed E-state index contributed by atoms with van der Waals surface area (Å²) < 4.78 is 3.58. The number of amides is 2. The van der Waals surface area contributed by atoms with Gasteiger partial charge in [-0.05, 0) is 13.8 Å². The Morgan fingerprint density at radius 3 is 1.60 bits per heavy atom. The number of carbonyl (C=O) groups excluding carboxylic acids is 3. The van der Waals surface area contributed by atoms with Crippen LogP contribution in [0.2, 0.25) is 0 Å². The van der Waals surface area contributed by atoms with E-state index in [-0.39, 0.29) is 83.2 Å². The fourth-order valence-corrected chi connectivity index (χ4v) is 0.717. The van der Waals surface area contributed by atoms with Gasteiger partial charge in [-0.1, -0.05) is 15.9 Å². The molecule has 10 heteroatoms. The first-order valence-corrected chi connectivity index (χ1v) is 6.51. The van der Waals surface area contributed by atoms with Crippen LogP contribution in [-0.2, 0) is 108 Å². The van der Waals surface area contributed by atoms with Crippen LogP contribution < -0.4 is 0 Å². The van der Waals surface area contributed by atoms with Gasteiger partial charge in [0.25, 0.3) is 5.97 Å². The smallest absolute Gasteiger partial charge is 0.290 e. The van der Waals surface area contributed by atoms with Crippen LogP contribution >= 0.6 is 15.9 Å². The molecule has 1 aliphatic rings. The van der Waals surface area contributed by atoms with Gasteiger partial charge in [0.1, 0.15) is 4.32 Å². The van der Waals surface area contributed by atoms with Crippen LogP contribution in [0.5, 0.6) is 0 Å². The molecule has 110 valence electrons. The molecule has 5 nitrogen and oxygen atoms in total. The number of alkyl halides is 1. The van der Waals surface area contributed by atoms with Gasteiger partial charge in [0.2, 0.25) is 11.8 Å². The summed E-state index contributed by atoms with van der Waals surface area (Å²) in [4.78, 5) is 32.0. The maximum absolute atomic E-state index is 10.5. The zero-order chi connectivity index (χ0) is 14.9. The average molecular weight is 532 g/mol. The number of halogens is 1. The third-order valence-corrected chi connectivity index (χ3v) is 1.84. The molecule has 2 radical (unpaired) electrons. The number of carbonyl (C=O) groups is 3. The number of ether oxygens (including phenoxy) is 1. The van der Waals surface area contributed by atoms with E-state index in [0.717, 1.165) is 4.90 Å². The first-order valence-electron chi connectivity index (χ1n) is 4.38. The first-order chi connectivity index (χ1) is 8.20. The summed E-state index contributed by atoms with van der Waals surface area (Å²) in [6, 6.07) is 0. The summed E-state index contributed by atoms with van der Waals surface area (Å²) in [6.07, 6.45) is 2.38. The van der Waals surface area contributed by atoms with Crippen molar-refractivity contribution in [2.75, 3.05) is 0 Å². The van der Waals surface area contributed by atoms with E-state index in [1.54, 1.807) is 13.8 Å². The van der Waals surface area contributed by atoms with E-state index in [1.165, 1.54) is 12.2 Å². The molecule has 0 bridgehead atoms. The summed E-state index contributed by atoms with van der Waals surface area (Å²) in [5, 5.41) is 0. The van der Waals surface area contributed by atoms with E-state index in [4.69, 9.17) is 0 Å². The number of hydrogen-bond acceptors (Lipinski definition) is 6. The second-order valence-corrected chi connectivity index (χ2v) is 5.32. The van der Waals surface area contributed by atoms with Crippen LogP contribution in [0.1, 0.15) is 13.8 Å². The van der Waals surface area contributed by atoms with Gasteiger partial charge >= 0.3 is 0 Å². The number of hydrogen-bond donors (Lipinski definition) is 0. The van der Waals surface area contributed by atoms with E-state index in [9.17, 15) is 14.4 Å². The van der Waals surface area contributed by atoms with Gasteiger partial charge in [0.15, 0.2) is 0 Å². The number of imide groups is 1.